The molecule has 8 nitrogen and oxygen atoms in total. The van der Waals surface area contributed by atoms with Gasteiger partial charge in [-0.25, -0.2) is 9.78 Å². The molecular weight excluding hydrogens is 897 g/mol. The molecule has 23 heteroatoms. The molecule has 0 saturated carbocycles. The first kappa shape index (κ1) is 51.0. The van der Waals surface area contributed by atoms with Crippen LogP contribution in [-0.2, 0) is 34.9 Å². The van der Waals surface area contributed by atoms with Gasteiger partial charge in [0.25, 0.3) is 0 Å². The van der Waals surface area contributed by atoms with Crippen LogP contribution in [0.5, 0.6) is 0 Å². The van der Waals surface area contributed by atoms with Gasteiger partial charge in [0, 0.05) is 85.3 Å². The summed E-state index contributed by atoms with van der Waals surface area (Å²) in [6.07, 6.45) is 0. The molecule has 0 heterocycles. The van der Waals surface area contributed by atoms with E-state index in [9.17, 15) is 13.8 Å². The highest BCUT2D eigenvalue weighted by Gasteiger charge is 2.06. The van der Waals surface area contributed by atoms with Crippen LogP contribution >= 0.6 is 165 Å². The van der Waals surface area contributed by atoms with E-state index in [2.05, 4.69) is 0 Å². The molecule has 0 aliphatic carbocycles. The molecule has 280 valence electrons. The number of hydrogen-bond donors (Lipinski definition) is 2. The summed E-state index contributed by atoms with van der Waals surface area (Å²) in [7, 11) is -0.807. The van der Waals surface area contributed by atoms with Crippen molar-refractivity contribution in [2.24, 2.45) is 0 Å². The maximum absolute atomic E-state index is 12.2. The highest BCUT2D eigenvalue weighted by atomic mass is 32.3. The third-order valence-corrected chi connectivity index (χ3v) is 22.3. The van der Waals surface area contributed by atoms with Crippen LogP contribution in [0.25, 0.3) is 0 Å². The van der Waals surface area contributed by atoms with E-state index < -0.39 is 10.8 Å². The van der Waals surface area contributed by atoms with Crippen LogP contribution in [0.15, 0.2) is 0 Å². The van der Waals surface area contributed by atoms with Crippen molar-refractivity contribution in [3.05, 3.63) is 0 Å². The van der Waals surface area contributed by atoms with Gasteiger partial charge in [-0.3, -0.25) is 13.8 Å². The van der Waals surface area contributed by atoms with Crippen LogP contribution in [0.4, 0.5) is 0 Å². The summed E-state index contributed by atoms with van der Waals surface area (Å²) >= 11 is 23.4. The average Bonchev–Trinajstić information content (AvgIpc) is 3.06. The van der Waals surface area contributed by atoms with Crippen molar-refractivity contribution >= 4 is 187 Å². The second-order valence-electron chi connectivity index (χ2n) is 7.72. The van der Waals surface area contributed by atoms with Gasteiger partial charge in [-0.1, -0.05) is 11.8 Å². The van der Waals surface area contributed by atoms with E-state index in [4.69, 9.17) is 24.7 Å². The first-order valence-corrected chi connectivity index (χ1v) is 31.2. The lowest BCUT2D eigenvalue weighted by atomic mass is 10.8. The van der Waals surface area contributed by atoms with Crippen LogP contribution < -0.4 is 0 Å². The maximum Gasteiger partial charge on any atom is 0.315 e. The molecule has 0 aromatic rings. The summed E-state index contributed by atoms with van der Waals surface area (Å²) in [6, 6.07) is 0. The number of carbonyl (C=O) groups is 2. The number of thioether (sulfide) groups is 14. The van der Waals surface area contributed by atoms with Crippen LogP contribution in [-0.4, -0.2) is 148 Å². The minimum atomic E-state index is -0.807. The molecule has 0 amide bonds. The van der Waals surface area contributed by atoms with Gasteiger partial charge in [0.05, 0.1) is 41.7 Å². The van der Waals surface area contributed by atoms with Crippen molar-refractivity contribution in [2.75, 3.05) is 123 Å². The number of esters is 1. The Morgan fingerprint density at radius 3 is 1.60 bits per heavy atom. The third kappa shape index (κ3) is 44.3. The highest BCUT2D eigenvalue weighted by molar-refractivity contribution is 8.30. The molecule has 0 saturated heterocycles. The van der Waals surface area contributed by atoms with Crippen molar-refractivity contribution in [2.45, 2.75) is 0 Å². The van der Waals surface area contributed by atoms with Crippen LogP contribution in [0.3, 0.4) is 0 Å². The molecule has 0 fully saturated rings. The molecule has 0 radical (unpaired) electrons. The number of hydrogen-bond acceptors (Lipinski definition) is 22. The zero-order valence-corrected chi connectivity index (χ0v) is 38.3. The number of rotatable bonds is 39. The second-order valence-corrected chi connectivity index (χ2v) is 27.2. The first-order valence-electron chi connectivity index (χ1n) is 13.7. The molecule has 1 atom stereocenters. The van der Waals surface area contributed by atoms with Gasteiger partial charge >= 0.3 is 5.97 Å². The van der Waals surface area contributed by atoms with Crippen molar-refractivity contribution in [3.8, 4) is 0 Å². The summed E-state index contributed by atoms with van der Waals surface area (Å²) in [4.78, 5) is 34.0. The Morgan fingerprint density at radius 2 is 0.979 bits per heavy atom. The number of carbonyl (C=O) groups excluding carboxylic acids is 2. The van der Waals surface area contributed by atoms with Crippen LogP contribution in [0.2, 0.25) is 0 Å². The lowest BCUT2D eigenvalue weighted by Crippen LogP contribution is -2.10. The number of aliphatic hydroxyl groups excluding tert-OH is 2. The van der Waals surface area contributed by atoms with Crippen molar-refractivity contribution in [3.63, 3.8) is 0 Å². The van der Waals surface area contributed by atoms with Gasteiger partial charge < -0.3 is 14.9 Å². The Morgan fingerprint density at radius 1 is 0.511 bits per heavy atom. The van der Waals surface area contributed by atoms with E-state index in [0.717, 1.165) is 68.8 Å². The fourth-order valence-corrected chi connectivity index (χ4v) is 18.4. The summed E-state index contributed by atoms with van der Waals surface area (Å²) in [5.41, 5.74) is 0. The highest BCUT2D eigenvalue weighted by Crippen LogP contribution is 2.24. The topological polar surface area (TPSA) is 119 Å². The van der Waals surface area contributed by atoms with Crippen molar-refractivity contribution in [1.82, 2.24) is 0 Å². The zero-order chi connectivity index (χ0) is 34.3. The van der Waals surface area contributed by atoms with Gasteiger partial charge in [-0.15, -0.1) is 141 Å². The normalized spacial score (nSPS) is 12.0. The molecule has 1 unspecified atom stereocenters. The average molecular weight is 944 g/mol. The monoisotopic (exact) mass is 942 g/mol. The zero-order valence-electron chi connectivity index (χ0n) is 26.0. The van der Waals surface area contributed by atoms with E-state index in [1.807, 2.05) is 23.5 Å². The molecule has 2 N–H and O–H groups in total. The largest absolute Gasteiger partial charge is 0.464 e. The Balaban J connectivity index is 3.30. The van der Waals surface area contributed by atoms with Gasteiger partial charge in [-0.05, 0) is 0 Å². The van der Waals surface area contributed by atoms with Gasteiger partial charge in [-0.2, -0.15) is 11.8 Å². The third-order valence-electron chi connectivity index (χ3n) is 4.13. The standard InChI is InChI=1S/C24H46O8S15/c25-11-39-13-33-4-1-30-23(27)9-37-17-42-16-36-7-8-47(29)22-45-20-43-19-44-21-46-24(28)10-38-18-41-15-35-6-3-32-31-2-5-34-14-40-12-26/h25-26H,1-22H2. The Hall–Kier alpha value is 4.03. The molecular formula is C24H46O8S15. The van der Waals surface area contributed by atoms with E-state index in [1.54, 1.807) is 106 Å². The Bertz CT molecular complexity index is 721. The Labute approximate surface area is 343 Å². The minimum absolute atomic E-state index is 0.118. The second kappa shape index (κ2) is 44.4. The SMILES string of the molecule is O=C(CSCSCSCCS(=O)CSCSCSCSC(=O)CSCSCSCCOOCCSCSCO)OCCSCSCO. The molecule has 47 heavy (non-hydrogen) atoms. The van der Waals surface area contributed by atoms with E-state index in [1.165, 1.54) is 35.3 Å². The predicted molar refractivity (Wildman–Crippen MR) is 239 cm³/mol. The van der Waals surface area contributed by atoms with Gasteiger partial charge in [0.15, 0.2) is 5.12 Å². The van der Waals surface area contributed by atoms with Crippen LogP contribution in [0.1, 0.15) is 0 Å². The predicted octanol–water partition coefficient (Wildman–Crippen LogP) is 7.49. The molecule has 0 bridgehead atoms. The van der Waals surface area contributed by atoms with Gasteiger partial charge in [0.2, 0.25) is 0 Å². The van der Waals surface area contributed by atoms with E-state index >= 15 is 0 Å². The fourth-order valence-electron chi connectivity index (χ4n) is 2.21. The van der Waals surface area contributed by atoms with E-state index in [0.29, 0.717) is 42.2 Å². The molecule has 0 rings (SSSR count). The first-order chi connectivity index (χ1) is 23.1. The molecule has 0 aromatic carbocycles. The van der Waals surface area contributed by atoms with Crippen LogP contribution in [0, 0.1) is 0 Å². The summed E-state index contributed by atoms with van der Waals surface area (Å²) in [6.45, 7) is 1.53. The number of ether oxygens (including phenoxy) is 1. The Kier molecular flexibility index (Phi) is 48.2. The van der Waals surface area contributed by atoms with Crippen molar-refractivity contribution in [1.29, 1.82) is 0 Å². The lowest BCUT2D eigenvalue weighted by molar-refractivity contribution is -0.285. The summed E-state index contributed by atoms with van der Waals surface area (Å²) in [5, 5.41) is 26.2. The maximum atomic E-state index is 12.2. The minimum Gasteiger partial charge on any atom is -0.464 e. The summed E-state index contributed by atoms with van der Waals surface area (Å²) in [5.74, 6) is 5.07. The fraction of sp³-hybridized carbons (Fsp3) is 0.917. The molecule has 0 spiro atoms. The van der Waals surface area contributed by atoms with E-state index in [-0.39, 0.29) is 23.0 Å². The number of aliphatic hydroxyl groups is 2. The van der Waals surface area contributed by atoms with Gasteiger partial charge in [0.1, 0.15) is 6.61 Å². The molecule has 0 aromatic heterocycles. The quantitative estimate of drug-likeness (QED) is 0.0208. The molecule has 0 aliphatic heterocycles. The lowest BCUT2D eigenvalue weighted by Gasteiger charge is -2.05. The smallest absolute Gasteiger partial charge is 0.315 e. The van der Waals surface area contributed by atoms with Crippen molar-refractivity contribution < 1.29 is 38.5 Å². The summed E-state index contributed by atoms with van der Waals surface area (Å²) < 4.78 is 17.4. The molecule has 0 aliphatic rings.